The number of hydrogen-bond acceptors (Lipinski definition) is 6. The second kappa shape index (κ2) is 13.5. The van der Waals surface area contributed by atoms with E-state index in [-0.39, 0.29) is 30.1 Å². The molecule has 1 aliphatic rings. The topological polar surface area (TPSA) is 86.2 Å². The molecule has 1 aromatic rings. The number of anilines is 1. The first-order valence-corrected chi connectivity index (χ1v) is 10.9. The summed E-state index contributed by atoms with van der Waals surface area (Å²) in [6.07, 6.45) is 4.15. The SMILES string of the molecule is CCCN(CCN=C(NCC)N1CCN(c2ncccn2)CC1)C(=O)OC(C)(C)C.I. The Morgan fingerprint density at radius 2 is 1.81 bits per heavy atom. The van der Waals surface area contributed by atoms with E-state index in [9.17, 15) is 4.79 Å². The number of nitrogens with zero attached hydrogens (tertiary/aromatic N) is 6. The van der Waals surface area contributed by atoms with E-state index in [1.54, 1.807) is 17.3 Å². The lowest BCUT2D eigenvalue weighted by Gasteiger charge is -2.36. The van der Waals surface area contributed by atoms with Crippen LogP contribution in [0.25, 0.3) is 0 Å². The molecule has 1 saturated heterocycles. The van der Waals surface area contributed by atoms with Crippen LogP contribution in [0.15, 0.2) is 23.5 Å². The van der Waals surface area contributed by atoms with Crippen LogP contribution in [-0.2, 0) is 4.74 Å². The summed E-state index contributed by atoms with van der Waals surface area (Å²) < 4.78 is 5.52. The molecule has 1 aromatic heterocycles. The van der Waals surface area contributed by atoms with Gasteiger partial charge in [0.25, 0.3) is 0 Å². The van der Waals surface area contributed by atoms with E-state index in [1.807, 2.05) is 26.8 Å². The van der Waals surface area contributed by atoms with Crippen LogP contribution < -0.4 is 10.2 Å². The molecule has 1 amide bonds. The van der Waals surface area contributed by atoms with Crippen LogP contribution in [0.3, 0.4) is 0 Å². The molecule has 0 atom stereocenters. The third kappa shape index (κ3) is 9.44. The van der Waals surface area contributed by atoms with E-state index in [2.05, 4.69) is 38.9 Å². The summed E-state index contributed by atoms with van der Waals surface area (Å²) in [5.74, 6) is 1.65. The molecule has 1 N–H and O–H groups in total. The van der Waals surface area contributed by atoms with Gasteiger partial charge in [0.1, 0.15) is 5.60 Å². The van der Waals surface area contributed by atoms with Crippen molar-refractivity contribution in [2.24, 2.45) is 4.99 Å². The highest BCUT2D eigenvalue weighted by molar-refractivity contribution is 14.0. The Hall–Kier alpha value is -1.85. The van der Waals surface area contributed by atoms with Gasteiger partial charge in [-0.2, -0.15) is 0 Å². The van der Waals surface area contributed by atoms with Crippen molar-refractivity contribution in [1.82, 2.24) is 25.1 Å². The monoisotopic (exact) mass is 547 g/mol. The van der Waals surface area contributed by atoms with Crippen molar-refractivity contribution in [1.29, 1.82) is 0 Å². The fourth-order valence-electron chi connectivity index (χ4n) is 3.17. The molecule has 2 rings (SSSR count). The van der Waals surface area contributed by atoms with Gasteiger partial charge in [0, 0.05) is 58.2 Å². The molecule has 0 bridgehead atoms. The predicted molar refractivity (Wildman–Crippen MR) is 135 cm³/mol. The quantitative estimate of drug-likeness (QED) is 0.319. The maximum Gasteiger partial charge on any atom is 0.410 e. The molecule has 0 saturated carbocycles. The molecule has 0 spiro atoms. The second-order valence-corrected chi connectivity index (χ2v) is 8.23. The first kappa shape index (κ1) is 27.2. The number of rotatable bonds is 7. The summed E-state index contributed by atoms with van der Waals surface area (Å²) in [5.41, 5.74) is -0.497. The maximum atomic E-state index is 12.4. The molecule has 31 heavy (non-hydrogen) atoms. The fraction of sp³-hybridized carbons (Fsp3) is 0.714. The predicted octanol–water partition coefficient (Wildman–Crippen LogP) is 2.83. The Labute approximate surface area is 203 Å². The molecule has 2 heterocycles. The van der Waals surface area contributed by atoms with Crippen molar-refractivity contribution < 1.29 is 9.53 Å². The number of halogens is 1. The Bertz CT molecular complexity index is 674. The van der Waals surface area contributed by atoms with Gasteiger partial charge in [-0.1, -0.05) is 6.92 Å². The van der Waals surface area contributed by atoms with Crippen molar-refractivity contribution in [3.8, 4) is 0 Å². The van der Waals surface area contributed by atoms with E-state index in [1.165, 1.54) is 0 Å². The van der Waals surface area contributed by atoms with E-state index in [0.717, 1.165) is 51.1 Å². The molecule has 9 nitrogen and oxygen atoms in total. The van der Waals surface area contributed by atoms with Gasteiger partial charge in [0.05, 0.1) is 6.54 Å². The number of aromatic nitrogens is 2. The molecule has 0 radical (unpaired) electrons. The fourth-order valence-corrected chi connectivity index (χ4v) is 3.17. The van der Waals surface area contributed by atoms with Crippen molar-refractivity contribution in [2.75, 3.05) is 57.3 Å². The lowest BCUT2D eigenvalue weighted by atomic mass is 10.2. The van der Waals surface area contributed by atoms with Crippen molar-refractivity contribution in [3.63, 3.8) is 0 Å². The van der Waals surface area contributed by atoms with Gasteiger partial charge in [-0.25, -0.2) is 14.8 Å². The standard InChI is InChI=1S/C21H37N7O2.HI/c1-6-12-28(20(29)30-21(3,4)5)13-11-25-18(22-7-2)26-14-16-27(17-15-26)19-23-9-8-10-24-19;/h8-10H,6-7,11-17H2,1-5H3,(H,22,25);1H. The van der Waals surface area contributed by atoms with E-state index in [4.69, 9.17) is 9.73 Å². The first-order valence-electron chi connectivity index (χ1n) is 10.9. The van der Waals surface area contributed by atoms with Gasteiger partial charge < -0.3 is 24.8 Å². The Morgan fingerprint density at radius 3 is 2.35 bits per heavy atom. The molecule has 0 unspecified atom stereocenters. The number of guanidine groups is 1. The summed E-state index contributed by atoms with van der Waals surface area (Å²) in [7, 11) is 0. The summed E-state index contributed by atoms with van der Waals surface area (Å²) >= 11 is 0. The zero-order valence-corrected chi connectivity index (χ0v) is 21.8. The van der Waals surface area contributed by atoms with Gasteiger partial charge in [-0.05, 0) is 40.2 Å². The number of hydrogen-bond donors (Lipinski definition) is 1. The number of aliphatic imine (C=N–C) groups is 1. The minimum absolute atomic E-state index is 0. The summed E-state index contributed by atoms with van der Waals surface area (Å²) in [6.45, 7) is 15.7. The van der Waals surface area contributed by atoms with E-state index >= 15 is 0 Å². The number of nitrogens with one attached hydrogen (secondary N) is 1. The lowest BCUT2D eigenvalue weighted by Crippen LogP contribution is -2.53. The van der Waals surface area contributed by atoms with Crippen LogP contribution in [-0.4, -0.2) is 89.8 Å². The molecular formula is C21H38IN7O2. The largest absolute Gasteiger partial charge is 0.444 e. The summed E-state index contributed by atoms with van der Waals surface area (Å²) in [6, 6.07) is 1.83. The highest BCUT2D eigenvalue weighted by Gasteiger charge is 2.23. The lowest BCUT2D eigenvalue weighted by molar-refractivity contribution is 0.0255. The highest BCUT2D eigenvalue weighted by atomic mass is 127. The second-order valence-electron chi connectivity index (χ2n) is 8.23. The summed E-state index contributed by atoms with van der Waals surface area (Å²) in [4.78, 5) is 32.1. The van der Waals surface area contributed by atoms with Crippen molar-refractivity contribution in [3.05, 3.63) is 18.5 Å². The van der Waals surface area contributed by atoms with Crippen molar-refractivity contribution in [2.45, 2.75) is 46.6 Å². The average molecular weight is 547 g/mol. The maximum absolute atomic E-state index is 12.4. The third-order valence-corrected chi connectivity index (χ3v) is 4.53. The molecule has 176 valence electrons. The minimum Gasteiger partial charge on any atom is -0.444 e. The van der Waals surface area contributed by atoms with Gasteiger partial charge in [0.15, 0.2) is 5.96 Å². The Kier molecular flexibility index (Phi) is 11.9. The van der Waals surface area contributed by atoms with Crippen LogP contribution in [0.2, 0.25) is 0 Å². The normalized spacial score (nSPS) is 14.7. The van der Waals surface area contributed by atoms with Gasteiger partial charge in [0.2, 0.25) is 5.95 Å². The van der Waals surface area contributed by atoms with E-state index in [0.29, 0.717) is 19.6 Å². The van der Waals surface area contributed by atoms with Crippen LogP contribution in [0.5, 0.6) is 0 Å². The van der Waals surface area contributed by atoms with Gasteiger partial charge >= 0.3 is 6.09 Å². The molecule has 0 aliphatic carbocycles. The smallest absolute Gasteiger partial charge is 0.410 e. The Balaban J connectivity index is 0.00000480. The van der Waals surface area contributed by atoms with Crippen LogP contribution in [0, 0.1) is 0 Å². The first-order chi connectivity index (χ1) is 14.3. The average Bonchev–Trinajstić information content (AvgIpc) is 2.72. The molecule has 0 aromatic carbocycles. The molecule has 10 heteroatoms. The molecule has 1 aliphatic heterocycles. The zero-order chi connectivity index (χ0) is 22.0. The number of carbonyl (C=O) groups is 1. The van der Waals surface area contributed by atoms with Crippen molar-refractivity contribution >= 4 is 42.0 Å². The van der Waals surface area contributed by atoms with Gasteiger partial charge in [-0.15, -0.1) is 24.0 Å². The molecule has 1 fully saturated rings. The number of piperazine rings is 1. The number of amides is 1. The zero-order valence-electron chi connectivity index (χ0n) is 19.5. The number of ether oxygens (including phenoxy) is 1. The van der Waals surface area contributed by atoms with Crippen LogP contribution in [0.1, 0.15) is 41.0 Å². The third-order valence-electron chi connectivity index (χ3n) is 4.53. The Morgan fingerprint density at radius 1 is 1.16 bits per heavy atom. The van der Waals surface area contributed by atoms with Crippen LogP contribution in [0.4, 0.5) is 10.7 Å². The number of carbonyl (C=O) groups excluding carboxylic acids is 1. The highest BCUT2D eigenvalue weighted by Crippen LogP contribution is 2.11. The summed E-state index contributed by atoms with van der Waals surface area (Å²) in [5, 5.41) is 3.37. The van der Waals surface area contributed by atoms with E-state index < -0.39 is 5.60 Å². The molecular weight excluding hydrogens is 509 g/mol. The van der Waals surface area contributed by atoms with Gasteiger partial charge in [-0.3, -0.25) is 4.99 Å². The van der Waals surface area contributed by atoms with Crippen LogP contribution >= 0.6 is 24.0 Å². The minimum atomic E-state index is -0.497.